The highest BCUT2D eigenvalue weighted by Crippen LogP contribution is 2.43. The van der Waals surface area contributed by atoms with E-state index >= 15 is 0 Å². The first-order chi connectivity index (χ1) is 17.7. The molecule has 0 amide bonds. The molecule has 1 aromatic heterocycles. The van der Waals surface area contributed by atoms with Crippen LogP contribution in [0.25, 0.3) is 11.0 Å². The lowest BCUT2D eigenvalue weighted by Crippen LogP contribution is -2.41. The minimum Gasteiger partial charge on any atom is -0.466 e. The number of rotatable bonds is 4. The van der Waals surface area contributed by atoms with Crippen molar-refractivity contribution >= 4 is 28.7 Å². The van der Waals surface area contributed by atoms with Crippen LogP contribution in [0.5, 0.6) is 0 Å². The van der Waals surface area contributed by atoms with Gasteiger partial charge >= 0.3 is 23.1 Å². The van der Waals surface area contributed by atoms with Crippen LogP contribution in [0.2, 0.25) is 0 Å². The summed E-state index contributed by atoms with van der Waals surface area (Å²) in [4.78, 5) is 52.3. The van der Waals surface area contributed by atoms with Crippen LogP contribution in [-0.4, -0.2) is 35.3 Å². The quantitative estimate of drug-likeness (QED) is 0.410. The van der Waals surface area contributed by atoms with Crippen LogP contribution in [0.1, 0.15) is 11.5 Å². The zero-order valence-corrected chi connectivity index (χ0v) is 20.5. The Kier molecular flexibility index (Phi) is 6.42. The minimum absolute atomic E-state index is 0.00806. The molecule has 2 aromatic carbocycles. The number of carbonyl (C=O) groups is 2. The van der Waals surface area contributed by atoms with Gasteiger partial charge in [-0.05, 0) is 23.8 Å². The molecule has 188 valence electrons. The number of fused-ring (bicyclic) bond motifs is 1. The number of nitrogens with zero attached hydrogens (tertiary/aromatic N) is 4. The van der Waals surface area contributed by atoms with Gasteiger partial charge in [0.05, 0.1) is 54.1 Å². The number of hydrogen-bond donors (Lipinski definition) is 1. The monoisotopic (exact) mass is 501 g/mol. The van der Waals surface area contributed by atoms with E-state index in [2.05, 4.69) is 6.07 Å². The molecule has 1 aliphatic heterocycles. The third-order valence-corrected chi connectivity index (χ3v) is 6.34. The molecule has 0 aliphatic carbocycles. The molecule has 1 unspecified atom stereocenters. The fourth-order valence-electron chi connectivity index (χ4n) is 4.49. The summed E-state index contributed by atoms with van der Waals surface area (Å²) in [6.07, 6.45) is 0. The second-order valence-electron chi connectivity index (χ2n) is 8.24. The molecule has 0 bridgehead atoms. The summed E-state index contributed by atoms with van der Waals surface area (Å²) in [6, 6.07) is 15.4. The predicted molar refractivity (Wildman–Crippen MR) is 134 cm³/mol. The fourth-order valence-corrected chi connectivity index (χ4v) is 4.49. The lowest BCUT2D eigenvalue weighted by Gasteiger charge is -2.36. The minimum atomic E-state index is -1.00. The number of anilines is 1. The van der Waals surface area contributed by atoms with Crippen LogP contribution in [0, 0.1) is 11.3 Å². The number of nitrogens with two attached hydrogens (primary N) is 1. The highest BCUT2D eigenvalue weighted by atomic mass is 16.5. The third-order valence-electron chi connectivity index (χ3n) is 6.34. The van der Waals surface area contributed by atoms with E-state index in [1.165, 1.54) is 34.2 Å². The van der Waals surface area contributed by atoms with Crippen LogP contribution in [0.4, 0.5) is 5.69 Å². The van der Waals surface area contributed by atoms with Crippen molar-refractivity contribution in [2.24, 2.45) is 19.8 Å². The molecule has 37 heavy (non-hydrogen) atoms. The van der Waals surface area contributed by atoms with Crippen LogP contribution in [0.15, 0.2) is 80.8 Å². The average molecular weight is 501 g/mol. The second-order valence-corrected chi connectivity index (χ2v) is 8.24. The summed E-state index contributed by atoms with van der Waals surface area (Å²) in [7, 11) is 5.22. The highest BCUT2D eigenvalue weighted by molar-refractivity contribution is 6.06. The van der Waals surface area contributed by atoms with Crippen LogP contribution >= 0.6 is 0 Å². The van der Waals surface area contributed by atoms with E-state index in [9.17, 15) is 24.4 Å². The van der Waals surface area contributed by atoms with Gasteiger partial charge in [0.25, 0.3) is 0 Å². The van der Waals surface area contributed by atoms with Crippen molar-refractivity contribution in [3.05, 3.63) is 97.5 Å². The average Bonchev–Trinajstić information content (AvgIpc) is 2.93. The molecule has 1 atom stereocenters. The summed E-state index contributed by atoms with van der Waals surface area (Å²) in [5.74, 6) is -2.86. The smallest absolute Gasteiger partial charge is 0.355 e. The van der Waals surface area contributed by atoms with Crippen molar-refractivity contribution in [2.75, 3.05) is 19.1 Å². The molecule has 11 nitrogen and oxygen atoms in total. The first-order valence-electron chi connectivity index (χ1n) is 11.0. The Morgan fingerprint density at radius 1 is 0.919 bits per heavy atom. The van der Waals surface area contributed by atoms with Crippen molar-refractivity contribution in [1.82, 2.24) is 9.13 Å². The molecule has 11 heteroatoms. The van der Waals surface area contributed by atoms with E-state index in [-0.39, 0.29) is 28.4 Å². The Labute approximate surface area is 210 Å². The van der Waals surface area contributed by atoms with Gasteiger partial charge in [-0.2, -0.15) is 5.26 Å². The van der Waals surface area contributed by atoms with Gasteiger partial charge in [0.2, 0.25) is 0 Å². The second kappa shape index (κ2) is 9.50. The number of hydrogen-bond acceptors (Lipinski definition) is 9. The zero-order chi connectivity index (χ0) is 27.0. The first-order valence-corrected chi connectivity index (χ1v) is 11.0. The lowest BCUT2D eigenvalue weighted by molar-refractivity contribution is -0.139. The van der Waals surface area contributed by atoms with E-state index in [0.717, 1.165) is 14.2 Å². The van der Waals surface area contributed by atoms with Crippen LogP contribution < -0.4 is 21.8 Å². The number of aromatic nitrogens is 2. The number of esters is 2. The Balaban J connectivity index is 2.12. The van der Waals surface area contributed by atoms with Crippen molar-refractivity contribution in [1.29, 1.82) is 5.26 Å². The number of benzene rings is 2. The summed E-state index contributed by atoms with van der Waals surface area (Å²) < 4.78 is 12.4. The van der Waals surface area contributed by atoms with E-state index in [4.69, 9.17) is 15.2 Å². The molecular formula is C26H23N5O6. The summed E-state index contributed by atoms with van der Waals surface area (Å²) >= 11 is 0. The molecular weight excluding hydrogens is 478 g/mol. The van der Waals surface area contributed by atoms with E-state index in [1.54, 1.807) is 42.5 Å². The van der Waals surface area contributed by atoms with Gasteiger partial charge in [0, 0.05) is 14.1 Å². The summed E-state index contributed by atoms with van der Waals surface area (Å²) in [5, 5.41) is 10.1. The Bertz CT molecular complexity index is 1670. The van der Waals surface area contributed by atoms with Gasteiger partial charge in [-0.25, -0.2) is 9.59 Å². The predicted octanol–water partition coefficient (Wildman–Crippen LogP) is 1.13. The molecule has 0 saturated carbocycles. The van der Waals surface area contributed by atoms with E-state index < -0.39 is 29.0 Å². The number of methoxy groups -OCH3 is 2. The van der Waals surface area contributed by atoms with Crippen molar-refractivity contribution in [2.45, 2.75) is 5.92 Å². The maximum Gasteiger partial charge on any atom is 0.355 e. The van der Waals surface area contributed by atoms with Crippen LogP contribution in [-0.2, 0) is 33.2 Å². The Morgan fingerprint density at radius 2 is 1.51 bits per heavy atom. The number of allylic oxidation sites excluding steroid dienone is 1. The van der Waals surface area contributed by atoms with Gasteiger partial charge in [-0.15, -0.1) is 0 Å². The van der Waals surface area contributed by atoms with Crippen molar-refractivity contribution in [3.8, 4) is 6.07 Å². The maximum absolute atomic E-state index is 13.2. The van der Waals surface area contributed by atoms with Gasteiger partial charge in [0.1, 0.15) is 11.5 Å². The topological polar surface area (TPSA) is 150 Å². The Morgan fingerprint density at radius 3 is 2.08 bits per heavy atom. The molecule has 3 aromatic rings. The normalized spacial score (nSPS) is 15.5. The van der Waals surface area contributed by atoms with Gasteiger partial charge < -0.3 is 24.3 Å². The first kappa shape index (κ1) is 25.0. The number of carbonyl (C=O) groups excluding carboxylic acids is 2. The molecule has 0 saturated heterocycles. The number of aryl methyl sites for hydroxylation is 2. The number of nitriles is 1. The summed E-state index contributed by atoms with van der Waals surface area (Å²) in [5.41, 5.74) is 6.26. The van der Waals surface area contributed by atoms with Gasteiger partial charge in [-0.1, -0.05) is 30.3 Å². The maximum atomic E-state index is 13.2. The lowest BCUT2D eigenvalue weighted by atomic mass is 9.81. The zero-order valence-electron chi connectivity index (χ0n) is 20.5. The summed E-state index contributed by atoms with van der Waals surface area (Å²) in [6.45, 7) is 0. The third kappa shape index (κ3) is 3.84. The van der Waals surface area contributed by atoms with Gasteiger partial charge in [-0.3, -0.25) is 14.5 Å². The standard InChI is InChI=1S/C26H23N5O6/c1-29-17-11-10-15(12-18(17)30(2)24(33)23(29)32)31-21(26(35)37-4)20(25(34)36-3)19(16(13-27)22(31)28)14-8-6-5-7-9-14/h5-12,19H,28H2,1-4H3. The number of ether oxygens (including phenoxy) is 2. The molecule has 0 radical (unpaired) electrons. The molecule has 2 heterocycles. The molecule has 0 spiro atoms. The van der Waals surface area contributed by atoms with E-state index in [0.29, 0.717) is 16.6 Å². The molecule has 0 fully saturated rings. The van der Waals surface area contributed by atoms with Crippen LogP contribution in [0.3, 0.4) is 0 Å². The van der Waals surface area contributed by atoms with Crippen molar-refractivity contribution < 1.29 is 19.1 Å². The molecule has 4 rings (SSSR count). The van der Waals surface area contributed by atoms with Crippen molar-refractivity contribution in [3.63, 3.8) is 0 Å². The fraction of sp³-hybridized carbons (Fsp3) is 0.192. The van der Waals surface area contributed by atoms with Gasteiger partial charge in [0.15, 0.2) is 0 Å². The SMILES string of the molecule is COC(=O)C1=C(C(=O)OC)N(c2ccc3c(c2)n(C)c(=O)c(=O)n3C)C(N)=C(C#N)C1c1ccccc1. The highest BCUT2D eigenvalue weighted by Gasteiger charge is 2.43. The molecule has 1 aliphatic rings. The largest absolute Gasteiger partial charge is 0.466 e. The Hall–Kier alpha value is -5.11. The molecule has 2 N–H and O–H groups in total. The van der Waals surface area contributed by atoms with E-state index in [1.807, 2.05) is 0 Å².